The minimum atomic E-state index is 0.538. The highest BCUT2D eigenvalue weighted by Crippen LogP contribution is 2.36. The molecule has 2 heterocycles. The molecule has 0 atom stereocenters. The van der Waals surface area contributed by atoms with Crippen LogP contribution in [0.1, 0.15) is 33.4 Å². The van der Waals surface area contributed by atoms with Crippen molar-refractivity contribution in [3.05, 3.63) is 98.5 Å². The Balaban J connectivity index is 1.47. The van der Waals surface area contributed by atoms with Crippen molar-refractivity contribution in [2.45, 2.75) is 41.5 Å². The van der Waals surface area contributed by atoms with Crippen molar-refractivity contribution in [1.29, 1.82) is 0 Å². The predicted molar refractivity (Wildman–Crippen MR) is 159 cm³/mol. The summed E-state index contributed by atoms with van der Waals surface area (Å²) in [6.07, 6.45) is 0. The van der Waals surface area contributed by atoms with Crippen molar-refractivity contribution in [2.75, 3.05) is 0 Å². The van der Waals surface area contributed by atoms with E-state index in [1.54, 1.807) is 0 Å². The van der Waals surface area contributed by atoms with E-state index < -0.39 is 0 Å². The van der Waals surface area contributed by atoms with Crippen LogP contribution in [0, 0.1) is 41.5 Å². The molecule has 4 aromatic carbocycles. The largest absolute Gasteiger partial charge is 0.309 e. The Labute approximate surface area is 230 Å². The van der Waals surface area contributed by atoms with E-state index in [0.29, 0.717) is 11.6 Å². The molecular weight excluding hydrogens is 534 g/mol. The molecule has 6 rings (SSSR count). The Morgan fingerprint density at radius 3 is 1.34 bits per heavy atom. The lowest BCUT2D eigenvalue weighted by Gasteiger charge is -2.14. The first-order valence-corrected chi connectivity index (χ1v) is 13.5. The molecule has 2 aromatic heterocycles. The number of hydrogen-bond acceptors (Lipinski definition) is 4. The molecule has 188 valence electrons. The topological polar surface area (TPSA) is 56.5 Å². The summed E-state index contributed by atoms with van der Waals surface area (Å²) >= 11 is 3.56. The molecule has 0 spiro atoms. The summed E-state index contributed by atoms with van der Waals surface area (Å²) in [5.74, 6) is 1.08. The van der Waals surface area contributed by atoms with Crippen LogP contribution in [0.3, 0.4) is 0 Å². The molecule has 0 bridgehead atoms. The monoisotopic (exact) mass is 561 g/mol. The highest BCUT2D eigenvalue weighted by Gasteiger charge is 2.18. The predicted octanol–water partition coefficient (Wildman–Crippen LogP) is 8.31. The third kappa shape index (κ3) is 4.00. The van der Waals surface area contributed by atoms with Crippen molar-refractivity contribution in [2.24, 2.45) is 0 Å². The first-order chi connectivity index (χ1) is 18.2. The summed E-state index contributed by atoms with van der Waals surface area (Å²) in [5, 5.41) is 20.6. The molecule has 0 fully saturated rings. The second-order valence-electron chi connectivity index (χ2n) is 10.3. The second kappa shape index (κ2) is 9.14. The Morgan fingerprint density at radius 2 is 0.921 bits per heavy atom. The minimum Gasteiger partial charge on any atom is -0.309 e. The van der Waals surface area contributed by atoms with E-state index in [2.05, 4.69) is 143 Å². The average Bonchev–Trinajstić information content (AvgIpc) is 3.16. The zero-order valence-electron chi connectivity index (χ0n) is 22.4. The van der Waals surface area contributed by atoms with Gasteiger partial charge in [0.25, 0.3) is 0 Å². The van der Waals surface area contributed by atoms with Gasteiger partial charge in [-0.25, -0.2) is 0 Å². The lowest BCUT2D eigenvalue weighted by molar-refractivity contribution is 0.871. The van der Waals surface area contributed by atoms with Crippen LogP contribution in [0.25, 0.3) is 50.3 Å². The van der Waals surface area contributed by atoms with Gasteiger partial charge in [-0.15, -0.1) is 20.4 Å². The van der Waals surface area contributed by atoms with Gasteiger partial charge in [0.2, 0.25) is 11.6 Å². The van der Waals surface area contributed by atoms with Crippen molar-refractivity contribution < 1.29 is 0 Å². The fourth-order valence-electron chi connectivity index (χ4n) is 5.64. The molecule has 0 unspecified atom stereocenters. The van der Waals surface area contributed by atoms with Crippen LogP contribution in [-0.4, -0.2) is 25.0 Å². The summed E-state index contributed by atoms with van der Waals surface area (Å²) in [7, 11) is 0. The van der Waals surface area contributed by atoms with Gasteiger partial charge >= 0.3 is 0 Å². The summed E-state index contributed by atoms with van der Waals surface area (Å²) in [6, 6.07) is 21.9. The molecule has 0 saturated carbocycles. The molecule has 0 aliphatic rings. The third-order valence-electron chi connectivity index (χ3n) is 7.28. The Morgan fingerprint density at radius 1 is 0.526 bits per heavy atom. The highest BCUT2D eigenvalue weighted by molar-refractivity contribution is 9.10. The highest BCUT2D eigenvalue weighted by atomic mass is 79.9. The maximum atomic E-state index is 4.52. The molecule has 0 amide bonds. The van der Waals surface area contributed by atoms with E-state index in [1.807, 2.05) is 0 Å². The average molecular weight is 563 g/mol. The standard InChI is InChI=1S/C32H28BrN5/c1-17-7-9-27-25(11-17)26-12-18(2)8-10-28(26)38(27)24-15-21(5)30(22(6)16-24)32-36-34-31(35-37-32)29-19(3)13-23(33)14-20(29)4/h7-16H,1-6H3. The summed E-state index contributed by atoms with van der Waals surface area (Å²) < 4.78 is 3.39. The number of aryl methyl sites for hydroxylation is 6. The summed E-state index contributed by atoms with van der Waals surface area (Å²) in [6.45, 7) is 12.6. The molecule has 5 nitrogen and oxygen atoms in total. The number of aromatic nitrogens is 5. The number of halogens is 1. The molecule has 0 radical (unpaired) electrons. The van der Waals surface area contributed by atoms with Crippen LogP contribution in [0.5, 0.6) is 0 Å². The van der Waals surface area contributed by atoms with E-state index >= 15 is 0 Å². The van der Waals surface area contributed by atoms with Gasteiger partial charge in [-0.3, -0.25) is 0 Å². The van der Waals surface area contributed by atoms with Crippen molar-refractivity contribution in [3.63, 3.8) is 0 Å². The van der Waals surface area contributed by atoms with Gasteiger partial charge in [0.15, 0.2) is 0 Å². The Bertz CT molecular complexity index is 1780. The smallest absolute Gasteiger partial charge is 0.204 e. The van der Waals surface area contributed by atoms with Gasteiger partial charge in [0.05, 0.1) is 11.0 Å². The van der Waals surface area contributed by atoms with Crippen molar-refractivity contribution in [3.8, 4) is 28.5 Å². The zero-order chi connectivity index (χ0) is 26.7. The van der Waals surface area contributed by atoms with Gasteiger partial charge in [-0.1, -0.05) is 39.2 Å². The number of fused-ring (bicyclic) bond motifs is 3. The lowest BCUT2D eigenvalue weighted by atomic mass is 10.0. The maximum Gasteiger partial charge on any atom is 0.204 e. The maximum absolute atomic E-state index is 4.52. The van der Waals surface area contributed by atoms with E-state index in [4.69, 9.17) is 0 Å². The minimum absolute atomic E-state index is 0.538. The fraction of sp³-hybridized carbons (Fsp3) is 0.188. The number of benzene rings is 4. The number of nitrogens with zero attached hydrogens (tertiary/aromatic N) is 5. The van der Waals surface area contributed by atoms with Gasteiger partial charge in [-0.2, -0.15) is 0 Å². The molecule has 0 aliphatic heterocycles. The van der Waals surface area contributed by atoms with Gasteiger partial charge in [-0.05, 0) is 112 Å². The zero-order valence-corrected chi connectivity index (χ0v) is 24.0. The molecular formula is C32H28BrN5. The molecule has 6 aromatic rings. The fourth-order valence-corrected chi connectivity index (χ4v) is 6.33. The van der Waals surface area contributed by atoms with E-state index in [-0.39, 0.29) is 0 Å². The molecule has 6 heteroatoms. The molecule has 38 heavy (non-hydrogen) atoms. The van der Waals surface area contributed by atoms with Crippen LogP contribution in [0.2, 0.25) is 0 Å². The third-order valence-corrected chi connectivity index (χ3v) is 7.73. The lowest BCUT2D eigenvalue weighted by Crippen LogP contribution is -2.04. The molecule has 0 saturated heterocycles. The summed E-state index contributed by atoms with van der Waals surface area (Å²) in [5.41, 5.74) is 12.3. The number of hydrogen-bond donors (Lipinski definition) is 0. The molecule has 0 N–H and O–H groups in total. The molecule has 0 aliphatic carbocycles. The van der Waals surface area contributed by atoms with Crippen molar-refractivity contribution >= 4 is 37.7 Å². The first kappa shape index (κ1) is 24.4. The SMILES string of the molecule is Cc1ccc2c(c1)c1cc(C)ccc1n2-c1cc(C)c(-c2nnc(-c3c(C)cc(Br)cc3C)nn2)c(C)c1. The number of rotatable bonds is 3. The van der Waals surface area contributed by atoms with E-state index in [1.165, 1.54) is 32.9 Å². The van der Waals surface area contributed by atoms with Crippen LogP contribution >= 0.6 is 15.9 Å². The summed E-state index contributed by atoms with van der Waals surface area (Å²) in [4.78, 5) is 0. The normalized spacial score (nSPS) is 11.6. The quantitative estimate of drug-likeness (QED) is 0.218. The van der Waals surface area contributed by atoms with Gasteiger partial charge in [0, 0.05) is 32.1 Å². The Kier molecular flexibility index (Phi) is 5.88. The first-order valence-electron chi connectivity index (χ1n) is 12.7. The Hall–Kier alpha value is -3.90. The second-order valence-corrected chi connectivity index (χ2v) is 11.2. The van der Waals surface area contributed by atoms with Crippen LogP contribution in [-0.2, 0) is 0 Å². The van der Waals surface area contributed by atoms with Crippen LogP contribution in [0.15, 0.2) is 65.1 Å². The van der Waals surface area contributed by atoms with Crippen LogP contribution in [0.4, 0.5) is 0 Å². The van der Waals surface area contributed by atoms with Gasteiger partial charge < -0.3 is 4.57 Å². The van der Waals surface area contributed by atoms with Crippen LogP contribution < -0.4 is 0 Å². The van der Waals surface area contributed by atoms with E-state index in [0.717, 1.165) is 43.5 Å². The van der Waals surface area contributed by atoms with E-state index in [9.17, 15) is 0 Å². The van der Waals surface area contributed by atoms with Crippen molar-refractivity contribution in [1.82, 2.24) is 25.0 Å². The van der Waals surface area contributed by atoms with Gasteiger partial charge in [0.1, 0.15) is 0 Å².